The predicted molar refractivity (Wildman–Crippen MR) is 43.0 cm³/mol. The van der Waals surface area contributed by atoms with E-state index in [-0.39, 0.29) is 14.0 Å². The summed E-state index contributed by atoms with van der Waals surface area (Å²) in [6, 6.07) is 0. The van der Waals surface area contributed by atoms with Crippen LogP contribution in [0.2, 0.25) is 14.0 Å². The molecule has 7 heteroatoms. The van der Waals surface area contributed by atoms with Crippen LogP contribution >= 0.6 is 45.3 Å². The van der Waals surface area contributed by atoms with Gasteiger partial charge in [0.15, 0.2) is 0 Å². The topological polar surface area (TPSA) is 12.9 Å². The molecule has 0 aliphatic heterocycles. The molecule has 11 heavy (non-hydrogen) atoms. The van der Waals surface area contributed by atoms with E-state index in [0.717, 1.165) is 0 Å². The first-order chi connectivity index (χ1) is 5.04. The second kappa shape index (κ2) is 3.39. The number of alkyl halides is 2. The molecule has 0 aliphatic rings. The molecule has 1 unspecified atom stereocenters. The molecule has 0 aromatic carbocycles. The molecular weight excluding hydrogens is 238 g/mol. The summed E-state index contributed by atoms with van der Waals surface area (Å²) in [4.78, 5) is 3.40. The second-order valence-electron chi connectivity index (χ2n) is 1.53. The van der Waals surface area contributed by atoms with Crippen LogP contribution in [0.15, 0.2) is 0 Å². The van der Waals surface area contributed by atoms with Gasteiger partial charge in [-0.15, -0.1) is 0 Å². The summed E-state index contributed by atoms with van der Waals surface area (Å²) in [6.45, 7) is 0. The van der Waals surface area contributed by atoms with Crippen LogP contribution in [0.3, 0.4) is 0 Å². The maximum Gasteiger partial charge on any atom is 0.425 e. The zero-order valence-corrected chi connectivity index (χ0v) is 7.91. The minimum absolute atomic E-state index is 0.139. The van der Waals surface area contributed by atoms with E-state index in [1.165, 1.54) is 0 Å². The number of halogens is 5. The van der Waals surface area contributed by atoms with Crippen molar-refractivity contribution < 1.29 is 8.78 Å². The molecule has 1 aromatic heterocycles. The van der Waals surface area contributed by atoms with Gasteiger partial charge in [0.05, 0.1) is 0 Å². The lowest BCUT2D eigenvalue weighted by atomic mass is 11.0. The van der Waals surface area contributed by atoms with Crippen molar-refractivity contribution in [3.05, 3.63) is 14.0 Å². The van der Waals surface area contributed by atoms with Gasteiger partial charge in [-0.3, -0.25) is 0 Å². The largest absolute Gasteiger partial charge is 0.425 e. The molecule has 0 saturated carbocycles. The smallest absolute Gasteiger partial charge is 0.168 e. The van der Waals surface area contributed by atoms with Crippen LogP contribution in [-0.2, 0) is 0 Å². The lowest BCUT2D eigenvalue weighted by Crippen LogP contribution is -1.68. The van der Waals surface area contributed by atoms with Gasteiger partial charge in [-0.25, -0.2) is 0 Å². The molecule has 0 N–H and O–H groups in total. The molecule has 0 amide bonds. The third kappa shape index (κ3) is 1.75. The fraction of sp³-hybridized carbons (Fsp3) is 0.250. The summed E-state index contributed by atoms with van der Waals surface area (Å²) in [5.41, 5.74) is 0. The molecule has 0 bridgehead atoms. The van der Waals surface area contributed by atoms with E-state index in [9.17, 15) is 8.78 Å². The van der Waals surface area contributed by atoms with E-state index < -0.39 is 16.2 Å². The molecule has 1 heterocycles. The van der Waals surface area contributed by atoms with E-state index in [0.29, 0.717) is 0 Å². The Bertz CT molecular complexity index is 275. The second-order valence-corrected chi connectivity index (χ2v) is 4.90. The van der Waals surface area contributed by atoms with Crippen LogP contribution < -0.4 is 0 Å². The highest BCUT2D eigenvalue weighted by molar-refractivity contribution is 7.37. The van der Waals surface area contributed by atoms with Crippen LogP contribution in [0.1, 0.15) is 5.76 Å². The minimum Gasteiger partial charge on any atom is -0.168 e. The molecule has 1 aromatic rings. The first-order valence-corrected chi connectivity index (χ1v) is 4.77. The minimum atomic E-state index is -2.63. The lowest BCUT2D eigenvalue weighted by Gasteiger charge is -1.83. The van der Waals surface area contributed by atoms with Gasteiger partial charge in [0, 0.05) is 0 Å². The van der Waals surface area contributed by atoms with Gasteiger partial charge in [0.25, 0.3) is 4.34 Å². The molecule has 0 aliphatic carbocycles. The maximum atomic E-state index is 12.1. The van der Waals surface area contributed by atoms with Gasteiger partial charge in [0.2, 0.25) is 5.15 Å². The van der Waals surface area contributed by atoms with Crippen LogP contribution in [0, 0.1) is 0 Å². The van der Waals surface area contributed by atoms with E-state index in [1.807, 2.05) is 0 Å². The zero-order valence-electron chi connectivity index (χ0n) is 4.82. The maximum absolute atomic E-state index is 12.1. The summed E-state index contributed by atoms with van der Waals surface area (Å²) < 4.78 is 23.8. The monoisotopic (exact) mass is 238 g/mol. The molecule has 62 valence electrons. The quantitative estimate of drug-likeness (QED) is 0.670. The molecule has 0 saturated heterocycles. The summed E-state index contributed by atoms with van der Waals surface area (Å²) >= 11 is 16.1. The number of nitrogens with zero attached hydrogens (tertiary/aromatic N) is 1. The molecule has 0 radical (unpaired) electrons. The van der Waals surface area contributed by atoms with Crippen molar-refractivity contribution in [2.45, 2.75) is 5.76 Å². The SMILES string of the molecule is FC(F)[s+]1c(Cl)nc(Cl)c1Cl. The Morgan fingerprint density at radius 3 is 2.00 bits per heavy atom. The third-order valence-electron chi connectivity index (χ3n) is 0.901. The van der Waals surface area contributed by atoms with Gasteiger partial charge in [-0.2, -0.15) is 13.8 Å². The van der Waals surface area contributed by atoms with Gasteiger partial charge in [-0.1, -0.05) is 11.6 Å². The Labute approximate surface area is 78.9 Å². The van der Waals surface area contributed by atoms with Crippen LogP contribution in [0.4, 0.5) is 8.78 Å². The molecule has 0 spiro atoms. The average molecular weight is 239 g/mol. The number of hydrogen-bond acceptors (Lipinski definition) is 1. The summed E-state index contributed by atoms with van der Waals surface area (Å²) in [6.07, 6.45) is 0. The predicted octanol–water partition coefficient (Wildman–Crippen LogP) is 4.19. The van der Waals surface area contributed by atoms with Crippen LogP contribution in [0.25, 0.3) is 0 Å². The van der Waals surface area contributed by atoms with E-state index >= 15 is 0 Å². The van der Waals surface area contributed by atoms with Crippen molar-refractivity contribution in [2.24, 2.45) is 0 Å². The highest BCUT2D eigenvalue weighted by atomic mass is 35.5. The Kier molecular flexibility index (Phi) is 2.91. The van der Waals surface area contributed by atoms with Gasteiger partial charge < -0.3 is 0 Å². The number of rotatable bonds is 1. The highest BCUT2D eigenvalue weighted by Crippen LogP contribution is 2.49. The Morgan fingerprint density at radius 2 is 1.82 bits per heavy atom. The molecular formula is C4HCl3F2NS+. The lowest BCUT2D eigenvalue weighted by molar-refractivity contribution is 0.205. The average Bonchev–Trinajstić information content (AvgIpc) is 2.07. The number of aromatic nitrogens is 1. The van der Waals surface area contributed by atoms with Crippen molar-refractivity contribution >= 4 is 45.3 Å². The molecule has 1 nitrogen and oxygen atoms in total. The first-order valence-electron chi connectivity index (χ1n) is 2.34. The Balaban J connectivity index is 3.22. The van der Waals surface area contributed by atoms with E-state index in [1.54, 1.807) is 0 Å². The molecule has 1 rings (SSSR count). The summed E-state index contributed by atoms with van der Waals surface area (Å²) in [5, 5.41) is -0.139. The summed E-state index contributed by atoms with van der Waals surface area (Å²) in [5.74, 6) is -2.63. The van der Waals surface area contributed by atoms with Gasteiger partial charge in [0.1, 0.15) is 10.5 Å². The Hall–Kier alpha value is 0.360. The van der Waals surface area contributed by atoms with Crippen molar-refractivity contribution in [3.63, 3.8) is 0 Å². The molecule has 0 fully saturated rings. The zero-order chi connectivity index (χ0) is 8.59. The van der Waals surface area contributed by atoms with Crippen molar-refractivity contribution in [1.82, 2.24) is 4.98 Å². The number of hydrogen-bond donors (Lipinski definition) is 0. The van der Waals surface area contributed by atoms with E-state index in [4.69, 9.17) is 34.8 Å². The third-order valence-corrected chi connectivity index (χ3v) is 4.03. The normalized spacial score (nSPS) is 12.7. The standard InChI is InChI=1S/C4HCl3F2NS/c5-1-2(6)11(4(8)9)3(7)10-1/h4H/q+1. The van der Waals surface area contributed by atoms with Gasteiger partial charge in [-0.05, 0) is 23.2 Å². The number of thiazole rings is 1. The van der Waals surface area contributed by atoms with Crippen LogP contribution in [0.5, 0.6) is 0 Å². The fourth-order valence-electron chi connectivity index (χ4n) is 0.487. The van der Waals surface area contributed by atoms with Crippen molar-refractivity contribution in [1.29, 1.82) is 0 Å². The van der Waals surface area contributed by atoms with Crippen molar-refractivity contribution in [3.8, 4) is 0 Å². The summed E-state index contributed by atoms with van der Waals surface area (Å²) in [7, 11) is -1.60. The molecule has 1 atom stereocenters. The van der Waals surface area contributed by atoms with E-state index in [2.05, 4.69) is 4.98 Å². The van der Waals surface area contributed by atoms with Crippen LogP contribution in [-0.4, -0.2) is 4.98 Å². The fourth-order valence-corrected chi connectivity index (χ4v) is 2.88. The van der Waals surface area contributed by atoms with Gasteiger partial charge >= 0.3 is 10.2 Å². The highest BCUT2D eigenvalue weighted by Gasteiger charge is 2.33. The Morgan fingerprint density at radius 1 is 1.27 bits per heavy atom. The van der Waals surface area contributed by atoms with Crippen molar-refractivity contribution in [2.75, 3.05) is 0 Å². The first kappa shape index (κ1) is 9.45.